The number of nitrogens with one attached hydrogen (secondary N) is 1. The van der Waals surface area contributed by atoms with Gasteiger partial charge in [-0.1, -0.05) is 19.1 Å². The van der Waals surface area contributed by atoms with Crippen molar-refractivity contribution in [2.75, 3.05) is 12.4 Å². The number of hydrogen-bond donors (Lipinski definition) is 1. The highest BCUT2D eigenvalue weighted by Crippen LogP contribution is 2.20. The smallest absolute Gasteiger partial charge is 0.265 e. The van der Waals surface area contributed by atoms with Crippen molar-refractivity contribution in [2.45, 2.75) is 25.9 Å². The third-order valence-electron chi connectivity index (χ3n) is 4.38. The van der Waals surface area contributed by atoms with Gasteiger partial charge < -0.3 is 14.8 Å². The first-order valence-electron chi connectivity index (χ1n) is 9.27. The van der Waals surface area contributed by atoms with Gasteiger partial charge in [0.1, 0.15) is 11.5 Å². The molecule has 0 spiro atoms. The van der Waals surface area contributed by atoms with Crippen LogP contribution >= 0.6 is 0 Å². The van der Waals surface area contributed by atoms with E-state index in [0.717, 1.165) is 17.9 Å². The van der Waals surface area contributed by atoms with Gasteiger partial charge in [-0.3, -0.25) is 9.78 Å². The molecule has 1 atom stereocenters. The molecular weight excluding hydrogens is 352 g/mol. The van der Waals surface area contributed by atoms with E-state index in [9.17, 15) is 4.79 Å². The summed E-state index contributed by atoms with van der Waals surface area (Å²) in [7, 11) is 1.61. The number of methoxy groups -OCH3 is 1. The van der Waals surface area contributed by atoms with Gasteiger partial charge in [-0.2, -0.15) is 0 Å². The molecule has 1 unspecified atom stereocenters. The van der Waals surface area contributed by atoms with Crippen LogP contribution in [0.2, 0.25) is 0 Å². The first-order chi connectivity index (χ1) is 13.7. The van der Waals surface area contributed by atoms with Crippen molar-refractivity contribution in [3.8, 4) is 11.5 Å². The molecule has 0 saturated heterocycles. The predicted octanol–water partition coefficient (Wildman–Crippen LogP) is 4.48. The number of carbonyl (C=O) groups is 1. The zero-order valence-corrected chi connectivity index (χ0v) is 16.1. The maximum atomic E-state index is 12.6. The van der Waals surface area contributed by atoms with Crippen molar-refractivity contribution in [1.29, 1.82) is 0 Å². The third-order valence-corrected chi connectivity index (χ3v) is 4.38. The second-order valence-electron chi connectivity index (χ2n) is 6.41. The first kappa shape index (κ1) is 19.4. The molecule has 0 fully saturated rings. The summed E-state index contributed by atoms with van der Waals surface area (Å²) in [6.07, 6.45) is 4.41. The Hall–Kier alpha value is -3.34. The molecule has 0 aliphatic carbocycles. The minimum atomic E-state index is -0.565. The largest absolute Gasteiger partial charge is 0.497 e. The van der Waals surface area contributed by atoms with Gasteiger partial charge in [-0.25, -0.2) is 0 Å². The molecule has 3 rings (SSSR count). The van der Waals surface area contributed by atoms with Gasteiger partial charge in [0.2, 0.25) is 0 Å². The quantitative estimate of drug-likeness (QED) is 0.630. The Morgan fingerprint density at radius 1 is 0.929 bits per heavy atom. The van der Waals surface area contributed by atoms with E-state index in [4.69, 9.17) is 9.47 Å². The molecule has 0 bridgehead atoms. The fourth-order valence-electron chi connectivity index (χ4n) is 2.81. The predicted molar refractivity (Wildman–Crippen MR) is 110 cm³/mol. The van der Waals surface area contributed by atoms with Crippen molar-refractivity contribution in [3.63, 3.8) is 0 Å². The van der Waals surface area contributed by atoms with Crippen LogP contribution in [0.3, 0.4) is 0 Å². The van der Waals surface area contributed by atoms with Crippen molar-refractivity contribution >= 4 is 11.6 Å². The SMILES string of the molecule is CCC(Oc1ccc(OC)cc1)C(=O)Nc1ccc(Cc2ccncc2)cc1. The van der Waals surface area contributed by atoms with Gasteiger partial charge in [-0.15, -0.1) is 0 Å². The summed E-state index contributed by atoms with van der Waals surface area (Å²) in [5.41, 5.74) is 3.12. The summed E-state index contributed by atoms with van der Waals surface area (Å²) >= 11 is 0. The molecular formula is C23H24N2O3. The Morgan fingerprint density at radius 2 is 1.54 bits per heavy atom. The number of anilines is 1. The minimum absolute atomic E-state index is 0.166. The number of hydrogen-bond acceptors (Lipinski definition) is 4. The molecule has 0 saturated carbocycles. The molecule has 0 radical (unpaired) electrons. The summed E-state index contributed by atoms with van der Waals surface area (Å²) in [4.78, 5) is 16.6. The lowest BCUT2D eigenvalue weighted by atomic mass is 10.1. The van der Waals surface area contributed by atoms with Crippen LogP contribution in [-0.4, -0.2) is 24.1 Å². The summed E-state index contributed by atoms with van der Waals surface area (Å²) in [6, 6.07) is 19.1. The summed E-state index contributed by atoms with van der Waals surface area (Å²) in [5.74, 6) is 1.22. The Morgan fingerprint density at radius 3 is 2.14 bits per heavy atom. The Kier molecular flexibility index (Phi) is 6.63. The van der Waals surface area contributed by atoms with E-state index in [1.54, 1.807) is 31.6 Å². The van der Waals surface area contributed by atoms with Gasteiger partial charge in [0, 0.05) is 18.1 Å². The highest BCUT2D eigenvalue weighted by Gasteiger charge is 2.18. The Labute approximate surface area is 165 Å². The molecule has 0 aliphatic rings. The second-order valence-corrected chi connectivity index (χ2v) is 6.41. The van der Waals surface area contributed by atoms with Crippen LogP contribution in [0.1, 0.15) is 24.5 Å². The third kappa shape index (κ3) is 5.33. The van der Waals surface area contributed by atoms with Crippen molar-refractivity contribution in [2.24, 2.45) is 0 Å². The van der Waals surface area contributed by atoms with Gasteiger partial charge >= 0.3 is 0 Å². The van der Waals surface area contributed by atoms with Crippen molar-refractivity contribution in [3.05, 3.63) is 84.2 Å². The molecule has 2 aromatic carbocycles. The van der Waals surface area contributed by atoms with Crippen molar-refractivity contribution in [1.82, 2.24) is 4.98 Å². The molecule has 1 N–H and O–H groups in total. The lowest BCUT2D eigenvalue weighted by Crippen LogP contribution is -2.32. The zero-order valence-electron chi connectivity index (χ0n) is 16.1. The van der Waals surface area contributed by atoms with Gasteiger partial charge in [0.25, 0.3) is 5.91 Å². The molecule has 3 aromatic rings. The number of benzene rings is 2. The molecule has 1 aromatic heterocycles. The topological polar surface area (TPSA) is 60.5 Å². The van der Waals surface area contributed by atoms with E-state index in [-0.39, 0.29) is 5.91 Å². The number of aromatic nitrogens is 1. The van der Waals surface area contributed by atoms with E-state index in [0.29, 0.717) is 12.2 Å². The van der Waals surface area contributed by atoms with Gasteiger partial charge in [-0.05, 0) is 72.5 Å². The monoisotopic (exact) mass is 376 g/mol. The van der Waals surface area contributed by atoms with E-state index in [1.165, 1.54) is 11.1 Å². The normalized spacial score (nSPS) is 11.5. The lowest BCUT2D eigenvalue weighted by Gasteiger charge is -2.17. The fraction of sp³-hybridized carbons (Fsp3) is 0.217. The standard InChI is InChI=1S/C23H24N2O3/c1-3-22(28-21-10-8-20(27-2)9-11-21)23(26)25-19-6-4-17(5-7-19)16-18-12-14-24-15-13-18/h4-15,22H,3,16H2,1-2H3,(H,25,26). The van der Waals surface area contributed by atoms with E-state index >= 15 is 0 Å². The summed E-state index contributed by atoms with van der Waals surface area (Å²) < 4.78 is 11.0. The first-order valence-corrected chi connectivity index (χ1v) is 9.27. The number of amides is 1. The highest BCUT2D eigenvalue weighted by atomic mass is 16.5. The zero-order chi connectivity index (χ0) is 19.8. The number of ether oxygens (including phenoxy) is 2. The highest BCUT2D eigenvalue weighted by molar-refractivity contribution is 5.94. The van der Waals surface area contributed by atoms with E-state index in [2.05, 4.69) is 10.3 Å². The number of pyridine rings is 1. The molecule has 144 valence electrons. The molecule has 1 heterocycles. The maximum absolute atomic E-state index is 12.6. The number of rotatable bonds is 8. The van der Waals surface area contributed by atoms with Crippen LogP contribution in [0.25, 0.3) is 0 Å². The molecule has 1 amide bonds. The number of nitrogens with zero attached hydrogens (tertiary/aromatic N) is 1. The Balaban J connectivity index is 1.58. The summed E-state index contributed by atoms with van der Waals surface area (Å²) in [6.45, 7) is 1.92. The average molecular weight is 376 g/mol. The fourth-order valence-corrected chi connectivity index (χ4v) is 2.81. The lowest BCUT2D eigenvalue weighted by molar-refractivity contribution is -0.122. The van der Waals surface area contributed by atoms with E-state index in [1.807, 2.05) is 55.5 Å². The molecule has 28 heavy (non-hydrogen) atoms. The van der Waals surface area contributed by atoms with Crippen molar-refractivity contribution < 1.29 is 14.3 Å². The van der Waals surface area contributed by atoms with Crippen LogP contribution in [0, 0.1) is 0 Å². The average Bonchev–Trinajstić information content (AvgIpc) is 2.74. The molecule has 0 aliphatic heterocycles. The van der Waals surface area contributed by atoms with Gasteiger partial charge in [0.15, 0.2) is 6.10 Å². The van der Waals surface area contributed by atoms with E-state index < -0.39 is 6.10 Å². The number of carbonyl (C=O) groups excluding carboxylic acids is 1. The minimum Gasteiger partial charge on any atom is -0.497 e. The van der Waals surface area contributed by atoms with Crippen LogP contribution in [-0.2, 0) is 11.2 Å². The molecule has 5 heteroatoms. The van der Waals surface area contributed by atoms with Crippen LogP contribution in [0.4, 0.5) is 5.69 Å². The maximum Gasteiger partial charge on any atom is 0.265 e. The van der Waals surface area contributed by atoms with Gasteiger partial charge in [0.05, 0.1) is 7.11 Å². The Bertz CT molecular complexity index is 878. The second kappa shape index (κ2) is 9.55. The van der Waals surface area contributed by atoms with Crippen LogP contribution < -0.4 is 14.8 Å². The summed E-state index contributed by atoms with van der Waals surface area (Å²) in [5, 5.41) is 2.93. The van der Waals surface area contributed by atoms with Crippen LogP contribution in [0.5, 0.6) is 11.5 Å². The van der Waals surface area contributed by atoms with Crippen LogP contribution in [0.15, 0.2) is 73.1 Å². The molecule has 5 nitrogen and oxygen atoms in total.